The molecule has 0 aromatic rings. The highest BCUT2D eigenvalue weighted by atomic mass is 16.5. The minimum Gasteiger partial charge on any atom is -0.466 e. The van der Waals surface area contributed by atoms with Crippen molar-refractivity contribution in [2.45, 2.75) is 328 Å². The Morgan fingerprint density at radius 2 is 0.723 bits per heavy atom. The van der Waals surface area contributed by atoms with Gasteiger partial charge in [0.15, 0.2) is 0 Å². The van der Waals surface area contributed by atoms with E-state index in [0.29, 0.717) is 19.4 Å². The fourth-order valence-corrected chi connectivity index (χ4v) is 8.98. The monoisotopic (exact) mass is 916 g/mol. The number of esters is 1. The van der Waals surface area contributed by atoms with Gasteiger partial charge in [0.25, 0.3) is 0 Å². The van der Waals surface area contributed by atoms with E-state index < -0.39 is 12.1 Å². The number of ether oxygens (including phenoxy) is 1. The Morgan fingerprint density at radius 3 is 1.09 bits per heavy atom. The molecule has 0 aromatic heterocycles. The zero-order valence-corrected chi connectivity index (χ0v) is 43.7. The predicted octanol–water partition coefficient (Wildman–Crippen LogP) is 17.9. The second-order valence-corrected chi connectivity index (χ2v) is 20.0. The molecule has 0 spiro atoms. The zero-order chi connectivity index (χ0) is 47.2. The Balaban J connectivity index is 3.47. The second-order valence-electron chi connectivity index (χ2n) is 20.0. The highest BCUT2D eigenvalue weighted by Crippen LogP contribution is 2.17. The van der Waals surface area contributed by atoms with Crippen molar-refractivity contribution in [3.8, 4) is 0 Å². The molecular formula is C59H113NO5. The van der Waals surface area contributed by atoms with Crippen molar-refractivity contribution in [3.63, 3.8) is 0 Å². The van der Waals surface area contributed by atoms with Gasteiger partial charge in [0, 0.05) is 12.8 Å². The van der Waals surface area contributed by atoms with Crippen molar-refractivity contribution in [1.29, 1.82) is 0 Å². The zero-order valence-electron chi connectivity index (χ0n) is 43.7. The van der Waals surface area contributed by atoms with Gasteiger partial charge in [-0.05, 0) is 57.8 Å². The fourth-order valence-electron chi connectivity index (χ4n) is 8.98. The molecule has 6 nitrogen and oxygen atoms in total. The lowest BCUT2D eigenvalue weighted by atomic mass is 10.0. The van der Waals surface area contributed by atoms with Crippen LogP contribution in [0, 0.1) is 0 Å². The van der Waals surface area contributed by atoms with Crippen LogP contribution in [0.15, 0.2) is 24.3 Å². The maximum absolute atomic E-state index is 12.5. The van der Waals surface area contributed by atoms with Crippen LogP contribution in [0.3, 0.4) is 0 Å². The number of aliphatic hydroxyl groups excluding tert-OH is 2. The third kappa shape index (κ3) is 51.6. The lowest BCUT2D eigenvalue weighted by molar-refractivity contribution is -0.143. The van der Waals surface area contributed by atoms with E-state index in [9.17, 15) is 19.8 Å². The van der Waals surface area contributed by atoms with Crippen LogP contribution in [-0.4, -0.2) is 47.4 Å². The van der Waals surface area contributed by atoms with Gasteiger partial charge in [-0.2, -0.15) is 0 Å². The molecule has 3 N–H and O–H groups in total. The van der Waals surface area contributed by atoms with E-state index in [-0.39, 0.29) is 18.5 Å². The number of nitrogens with one attached hydrogen (secondary N) is 1. The first-order valence-corrected chi connectivity index (χ1v) is 29.1. The number of carbonyl (C=O) groups is 2. The van der Waals surface area contributed by atoms with Crippen molar-refractivity contribution in [3.05, 3.63) is 24.3 Å². The number of unbranched alkanes of at least 4 members (excludes halogenated alkanes) is 41. The van der Waals surface area contributed by atoms with Gasteiger partial charge in [0.1, 0.15) is 0 Å². The third-order valence-electron chi connectivity index (χ3n) is 13.5. The molecule has 0 bridgehead atoms. The number of hydrogen-bond donors (Lipinski definition) is 3. The average molecular weight is 917 g/mol. The molecular weight excluding hydrogens is 803 g/mol. The molecule has 384 valence electrons. The number of carbonyl (C=O) groups excluding carboxylic acids is 2. The first kappa shape index (κ1) is 63.3. The van der Waals surface area contributed by atoms with Crippen LogP contribution >= 0.6 is 0 Å². The molecule has 2 unspecified atom stereocenters. The summed E-state index contributed by atoms with van der Waals surface area (Å²) in [5, 5.41) is 23.1. The summed E-state index contributed by atoms with van der Waals surface area (Å²) in [7, 11) is 0. The first-order valence-electron chi connectivity index (χ1n) is 29.1. The lowest BCUT2D eigenvalue weighted by Gasteiger charge is -2.20. The fraction of sp³-hybridized carbons (Fsp3) is 0.898. The Kier molecular flexibility index (Phi) is 53.5. The van der Waals surface area contributed by atoms with Gasteiger partial charge in [0.05, 0.1) is 25.4 Å². The average Bonchev–Trinajstić information content (AvgIpc) is 3.31. The number of aliphatic hydroxyl groups is 2. The van der Waals surface area contributed by atoms with Crippen molar-refractivity contribution in [2.24, 2.45) is 0 Å². The SMILES string of the molecule is CCCCCCCCC/C=C\CCCCCCCCCC(=O)OCCCCCCCCCCCCCCCC(=O)NC(CO)C(O)/C=C/CCCCCCCCCCCCCCCCC. The summed E-state index contributed by atoms with van der Waals surface area (Å²) in [5.74, 6) is -0.0884. The number of amides is 1. The third-order valence-corrected chi connectivity index (χ3v) is 13.5. The van der Waals surface area contributed by atoms with E-state index in [0.717, 1.165) is 57.8 Å². The van der Waals surface area contributed by atoms with Gasteiger partial charge in [-0.25, -0.2) is 0 Å². The standard InChI is InChI=1S/C59H113NO5/c1-3-5-7-9-11-13-15-17-19-21-23-25-29-33-37-41-45-49-53-59(64)65-54-50-46-42-38-34-30-26-28-32-36-40-44-48-52-58(63)60-56(55-61)57(62)51-47-43-39-35-31-27-24-22-20-18-16-14-12-10-8-6-4-2/h19,21,47,51,56-57,61-62H,3-18,20,22-46,48-50,52-55H2,1-2H3,(H,60,63)/b21-19-,51-47+. The minimum atomic E-state index is -0.853. The summed E-state index contributed by atoms with van der Waals surface area (Å²) in [5.41, 5.74) is 0. The Hall–Kier alpha value is -1.66. The quantitative estimate of drug-likeness (QED) is 0.0321. The van der Waals surface area contributed by atoms with Crippen molar-refractivity contribution < 1.29 is 24.5 Å². The lowest BCUT2D eigenvalue weighted by Crippen LogP contribution is -2.45. The van der Waals surface area contributed by atoms with Crippen LogP contribution in [-0.2, 0) is 14.3 Å². The van der Waals surface area contributed by atoms with Gasteiger partial charge in [0.2, 0.25) is 5.91 Å². The minimum absolute atomic E-state index is 0.00938. The number of allylic oxidation sites excluding steroid dienone is 3. The summed E-state index contributed by atoms with van der Waals surface area (Å²) in [6.45, 7) is 4.89. The molecule has 0 aliphatic carbocycles. The van der Waals surface area contributed by atoms with Gasteiger partial charge in [-0.15, -0.1) is 0 Å². The summed E-state index contributed by atoms with van der Waals surface area (Å²) < 4.78 is 5.48. The van der Waals surface area contributed by atoms with Gasteiger partial charge in [-0.3, -0.25) is 9.59 Å². The van der Waals surface area contributed by atoms with Gasteiger partial charge < -0.3 is 20.3 Å². The highest BCUT2D eigenvalue weighted by Gasteiger charge is 2.18. The highest BCUT2D eigenvalue weighted by molar-refractivity contribution is 5.76. The molecule has 2 atom stereocenters. The van der Waals surface area contributed by atoms with Crippen LogP contribution in [0.4, 0.5) is 0 Å². The van der Waals surface area contributed by atoms with Crippen molar-refractivity contribution in [1.82, 2.24) is 5.32 Å². The van der Waals surface area contributed by atoms with Gasteiger partial charge in [-0.1, -0.05) is 269 Å². The Labute approximate surface area is 405 Å². The molecule has 0 radical (unpaired) electrons. The van der Waals surface area contributed by atoms with Crippen LogP contribution in [0.2, 0.25) is 0 Å². The number of rotatable bonds is 54. The topological polar surface area (TPSA) is 95.9 Å². The van der Waals surface area contributed by atoms with E-state index in [1.165, 1.54) is 231 Å². The molecule has 0 aromatic carbocycles. The van der Waals surface area contributed by atoms with Crippen molar-refractivity contribution >= 4 is 11.9 Å². The van der Waals surface area contributed by atoms with Crippen LogP contribution in [0.25, 0.3) is 0 Å². The molecule has 0 fully saturated rings. The summed E-state index contributed by atoms with van der Waals surface area (Å²) in [6.07, 6.45) is 66.2. The molecule has 0 heterocycles. The molecule has 0 aliphatic rings. The summed E-state index contributed by atoms with van der Waals surface area (Å²) >= 11 is 0. The summed E-state index contributed by atoms with van der Waals surface area (Å²) in [6, 6.07) is -0.638. The molecule has 1 amide bonds. The number of hydrogen-bond acceptors (Lipinski definition) is 5. The molecule has 0 rings (SSSR count). The first-order chi connectivity index (χ1) is 32.0. The second kappa shape index (κ2) is 54.9. The molecule has 65 heavy (non-hydrogen) atoms. The van der Waals surface area contributed by atoms with E-state index in [2.05, 4.69) is 31.3 Å². The normalized spacial score (nSPS) is 12.7. The van der Waals surface area contributed by atoms with E-state index >= 15 is 0 Å². The van der Waals surface area contributed by atoms with Crippen molar-refractivity contribution in [2.75, 3.05) is 13.2 Å². The van der Waals surface area contributed by atoms with E-state index in [1.807, 2.05) is 6.08 Å². The molecule has 0 saturated heterocycles. The van der Waals surface area contributed by atoms with Crippen LogP contribution in [0.1, 0.15) is 316 Å². The largest absolute Gasteiger partial charge is 0.466 e. The van der Waals surface area contributed by atoms with E-state index in [1.54, 1.807) is 6.08 Å². The summed E-state index contributed by atoms with van der Waals surface area (Å²) in [4.78, 5) is 24.5. The van der Waals surface area contributed by atoms with Gasteiger partial charge >= 0.3 is 5.97 Å². The maximum atomic E-state index is 12.5. The molecule has 6 heteroatoms. The van der Waals surface area contributed by atoms with E-state index in [4.69, 9.17) is 4.74 Å². The Morgan fingerprint density at radius 1 is 0.415 bits per heavy atom. The predicted molar refractivity (Wildman–Crippen MR) is 283 cm³/mol. The molecule has 0 saturated carbocycles. The van der Waals surface area contributed by atoms with Crippen LogP contribution < -0.4 is 5.32 Å². The smallest absolute Gasteiger partial charge is 0.305 e. The molecule has 0 aliphatic heterocycles. The van der Waals surface area contributed by atoms with Crippen LogP contribution in [0.5, 0.6) is 0 Å². The Bertz CT molecular complexity index is 1010. The maximum Gasteiger partial charge on any atom is 0.305 e.